The van der Waals surface area contributed by atoms with E-state index in [1.807, 2.05) is 55.2 Å². The molecule has 3 aromatic carbocycles. The van der Waals surface area contributed by atoms with Crippen LogP contribution >= 0.6 is 0 Å². The van der Waals surface area contributed by atoms with Crippen molar-refractivity contribution in [2.45, 2.75) is 88.4 Å². The maximum absolute atomic E-state index is 12.9. The van der Waals surface area contributed by atoms with E-state index in [2.05, 4.69) is 77.3 Å². The van der Waals surface area contributed by atoms with Gasteiger partial charge in [-0.3, -0.25) is 9.69 Å². The Balaban J connectivity index is 0.00000336. The Morgan fingerprint density at radius 2 is 1.59 bits per heavy atom. The number of morpholine rings is 1. The summed E-state index contributed by atoms with van der Waals surface area (Å²) in [6, 6.07) is 21.5. The van der Waals surface area contributed by atoms with E-state index in [0.29, 0.717) is 49.7 Å². The van der Waals surface area contributed by atoms with Crippen molar-refractivity contribution in [1.82, 2.24) is 4.90 Å². The maximum atomic E-state index is 12.9. The number of hydrogen-bond donors (Lipinski definition) is 2. The van der Waals surface area contributed by atoms with Crippen LogP contribution in [0.15, 0.2) is 112 Å². The van der Waals surface area contributed by atoms with Crippen LogP contribution in [0.1, 0.15) is 83.8 Å². The molecule has 1 amide bonds. The Morgan fingerprint density at radius 1 is 0.882 bits per heavy atom. The molecular weight excluding hydrogens is 932 g/mol. The van der Waals surface area contributed by atoms with Crippen molar-refractivity contribution in [3.8, 4) is 0 Å². The van der Waals surface area contributed by atoms with Gasteiger partial charge in [0.1, 0.15) is 22.4 Å². The molecule has 0 saturated carbocycles. The van der Waals surface area contributed by atoms with Crippen molar-refractivity contribution >= 4 is 54.6 Å². The van der Waals surface area contributed by atoms with Crippen molar-refractivity contribution < 1.29 is 129 Å². The van der Waals surface area contributed by atoms with Gasteiger partial charge in [-0.15, -0.1) is 6.07 Å². The topological polar surface area (TPSA) is 174 Å². The summed E-state index contributed by atoms with van der Waals surface area (Å²) in [5.74, 6) is -0.572. The number of nitrogens with one attached hydrogen (secondary N) is 2. The number of amides is 1. The maximum Gasteiger partial charge on any atom is 1.00 e. The number of carbonyl (C=O) groups excluding carboxylic acids is 1. The minimum absolute atomic E-state index is 0. The Morgan fingerprint density at radius 3 is 2.26 bits per heavy atom. The average molecular weight is 992 g/mol. The van der Waals surface area contributed by atoms with Crippen LogP contribution in [0.4, 0.5) is 22.7 Å². The molecule has 0 atom stereocenters. The third-order valence-electron chi connectivity index (χ3n) is 12.9. The van der Waals surface area contributed by atoms with Gasteiger partial charge in [0.15, 0.2) is 5.71 Å². The standard InChI is InChI=1S/C50H61N5O8S2.3Na/c1-6-7-27-54-43-16-9-8-15-41(43)49(2,3)45(54)25-17-36-13-12-14-37(48(36)52-39-21-19-38(20-22-39)51-47(56)35-53-29-31-63-32-30-53)18-26-46-50(4,5)42-34-40(65(60,61)62)23-24-44(42)55(46)28-10-11-33-64(57,58)59;;;/h9,15-26,34H,1,6-7,10-14,27-33,35H2,2-5H3,(H3,51,56,57,58,59,60,61,62);;;/q-2;3*+1/p-1/b37-18+,46-26+;;;. The summed E-state index contributed by atoms with van der Waals surface area (Å²) in [6.07, 6.45) is 13.4. The quantitative estimate of drug-likeness (QED) is 0.0542. The average Bonchev–Trinajstić information content (AvgIpc) is 3.61. The number of anilines is 3. The van der Waals surface area contributed by atoms with E-state index in [1.165, 1.54) is 29.1 Å². The SMILES string of the molecule is [CH2-]CCC[N+]1=C(/C=C/C2=C(Nc3ccc(NC(=O)CN4CCOCC4)cc3)C(=C/C=C3/N(CCCCS(=O)(=O)[O-])c4ccc(S(=O)(=O)[O-])cc4C3(C)C)/CCC2)C(C)(C)c2c[c-]ccc21.[Na+].[Na+].[Na+]. The number of benzene rings is 3. The van der Waals surface area contributed by atoms with E-state index < -0.39 is 31.4 Å². The molecule has 0 unspecified atom stereocenters. The molecule has 0 spiro atoms. The van der Waals surface area contributed by atoms with E-state index in [-0.39, 0.29) is 111 Å². The van der Waals surface area contributed by atoms with Crippen LogP contribution in [0.2, 0.25) is 0 Å². The Kier molecular flexibility index (Phi) is 21.7. The molecule has 1 saturated heterocycles. The molecule has 4 aliphatic rings. The predicted molar refractivity (Wildman–Crippen MR) is 253 cm³/mol. The third-order valence-corrected chi connectivity index (χ3v) is 14.5. The molecule has 1 aliphatic carbocycles. The van der Waals surface area contributed by atoms with Gasteiger partial charge in [0, 0.05) is 70.7 Å². The summed E-state index contributed by atoms with van der Waals surface area (Å²) in [7, 11) is -9.13. The molecule has 3 heterocycles. The van der Waals surface area contributed by atoms with Crippen LogP contribution in [0.25, 0.3) is 0 Å². The van der Waals surface area contributed by atoms with E-state index in [4.69, 9.17) is 4.74 Å². The number of fused-ring (bicyclic) bond motifs is 2. The second-order valence-electron chi connectivity index (χ2n) is 18.2. The summed E-state index contributed by atoms with van der Waals surface area (Å²) in [5, 5.41) is 6.77. The largest absolute Gasteiger partial charge is 1.00 e. The number of nitrogens with zero attached hydrogens (tertiary/aromatic N) is 3. The first-order valence-electron chi connectivity index (χ1n) is 22.4. The zero-order valence-corrected chi connectivity index (χ0v) is 48.5. The van der Waals surface area contributed by atoms with E-state index >= 15 is 0 Å². The van der Waals surface area contributed by atoms with E-state index in [1.54, 1.807) is 6.07 Å². The first-order chi connectivity index (χ1) is 30.9. The van der Waals surface area contributed by atoms with Crippen molar-refractivity contribution in [1.29, 1.82) is 0 Å². The van der Waals surface area contributed by atoms with Crippen LogP contribution < -0.4 is 104 Å². The molecule has 13 nitrogen and oxygen atoms in total. The number of carbonyl (C=O) groups is 1. The van der Waals surface area contributed by atoms with Gasteiger partial charge < -0.3 is 36.3 Å². The molecule has 7 rings (SSSR count). The number of rotatable bonds is 17. The summed E-state index contributed by atoms with van der Waals surface area (Å²) in [5.41, 5.74) is 9.42. The van der Waals surface area contributed by atoms with Crippen LogP contribution in [-0.4, -0.2) is 98.7 Å². The molecule has 0 radical (unpaired) electrons. The predicted octanol–water partition coefficient (Wildman–Crippen LogP) is -1.30. The summed E-state index contributed by atoms with van der Waals surface area (Å²) >= 11 is 0. The fourth-order valence-corrected chi connectivity index (χ4v) is 10.4. The second-order valence-corrected chi connectivity index (χ2v) is 21.1. The molecule has 3 aliphatic heterocycles. The first kappa shape index (κ1) is 58.7. The number of hydrogen-bond acceptors (Lipinski definition) is 11. The molecule has 18 heteroatoms. The fraction of sp³-hybridized carbons (Fsp3) is 0.420. The first-order valence-corrected chi connectivity index (χ1v) is 25.4. The molecule has 1 fully saturated rings. The summed E-state index contributed by atoms with van der Waals surface area (Å²) in [6.45, 7) is 16.7. The van der Waals surface area contributed by atoms with E-state index in [0.717, 1.165) is 80.0 Å². The van der Waals surface area contributed by atoms with Crippen LogP contribution in [-0.2, 0) is 40.6 Å². The van der Waals surface area contributed by atoms with Crippen molar-refractivity contribution in [3.05, 3.63) is 132 Å². The monoisotopic (exact) mass is 991 g/mol. The van der Waals surface area contributed by atoms with Gasteiger partial charge >= 0.3 is 88.7 Å². The zero-order valence-electron chi connectivity index (χ0n) is 40.8. The van der Waals surface area contributed by atoms with E-state index in [9.17, 15) is 30.7 Å². The molecule has 348 valence electrons. The van der Waals surface area contributed by atoms with Crippen molar-refractivity contribution in [2.75, 3.05) is 67.2 Å². The Bertz CT molecular complexity index is 2680. The van der Waals surface area contributed by atoms with Gasteiger partial charge in [-0.1, -0.05) is 45.4 Å². The minimum Gasteiger partial charge on any atom is -0.748 e. The number of allylic oxidation sites excluding steroid dienone is 7. The minimum atomic E-state index is -4.74. The Labute approximate surface area is 470 Å². The summed E-state index contributed by atoms with van der Waals surface area (Å²) in [4.78, 5) is 16.7. The van der Waals surface area contributed by atoms with Gasteiger partial charge in [0.2, 0.25) is 5.91 Å². The molecular formula is C50H60N5Na3O8S2. The molecule has 3 aromatic rings. The normalized spacial score (nSPS) is 19.1. The van der Waals surface area contributed by atoms with Gasteiger partial charge in [-0.2, -0.15) is 24.6 Å². The van der Waals surface area contributed by atoms with Crippen LogP contribution in [0.3, 0.4) is 0 Å². The second kappa shape index (κ2) is 25.2. The third kappa shape index (κ3) is 14.2. The molecule has 0 aromatic heterocycles. The number of ether oxygens (including phenoxy) is 1. The number of unbranched alkanes of at least 4 members (excludes halogenated alkanes) is 2. The molecule has 0 bridgehead atoms. The van der Waals surface area contributed by atoms with Crippen LogP contribution in [0.5, 0.6) is 0 Å². The van der Waals surface area contributed by atoms with Crippen LogP contribution in [0, 0.1) is 13.0 Å². The zero-order chi connectivity index (χ0) is 46.6. The smallest absolute Gasteiger partial charge is 0.748 e. The molecule has 2 N–H and O–H groups in total. The summed E-state index contributed by atoms with van der Waals surface area (Å²) < 4.78 is 78.7. The van der Waals surface area contributed by atoms with Gasteiger partial charge in [0.25, 0.3) is 0 Å². The van der Waals surface area contributed by atoms with Gasteiger partial charge in [0.05, 0.1) is 34.8 Å². The fourth-order valence-electron chi connectivity index (χ4n) is 9.39. The van der Waals surface area contributed by atoms with Gasteiger partial charge in [-0.25, -0.2) is 21.4 Å². The molecule has 68 heavy (non-hydrogen) atoms. The van der Waals surface area contributed by atoms with Gasteiger partial charge in [-0.05, 0) is 104 Å². The Hall–Kier alpha value is -1.90. The van der Waals surface area contributed by atoms with Crippen molar-refractivity contribution in [2.24, 2.45) is 0 Å². The van der Waals surface area contributed by atoms with Crippen molar-refractivity contribution in [3.63, 3.8) is 0 Å².